The smallest absolute Gasteiger partial charge is 0.247 e. The second-order valence-corrected chi connectivity index (χ2v) is 6.47. The predicted octanol–water partition coefficient (Wildman–Crippen LogP) is 3.21. The molecule has 0 radical (unpaired) electrons. The third kappa shape index (κ3) is 3.43. The van der Waals surface area contributed by atoms with Crippen LogP contribution in [0.4, 0.5) is 5.82 Å². The Morgan fingerprint density at radius 2 is 2.14 bits per heavy atom. The minimum absolute atomic E-state index is 0.00352. The van der Waals surface area contributed by atoms with Crippen LogP contribution in [0.5, 0.6) is 0 Å². The number of ketones is 1. The van der Waals surface area contributed by atoms with Gasteiger partial charge in [-0.2, -0.15) is 5.26 Å². The molecule has 0 saturated carbocycles. The average Bonchev–Trinajstić information content (AvgIpc) is 3.38. The Morgan fingerprint density at radius 1 is 1.28 bits per heavy atom. The van der Waals surface area contributed by atoms with Crippen molar-refractivity contribution in [2.24, 2.45) is 0 Å². The van der Waals surface area contributed by atoms with Gasteiger partial charge in [-0.1, -0.05) is 0 Å². The third-order valence-electron chi connectivity index (χ3n) is 4.48. The molecule has 0 atom stereocenters. The first-order valence-electron chi connectivity index (χ1n) is 9.00. The van der Waals surface area contributed by atoms with Crippen molar-refractivity contribution in [3.63, 3.8) is 0 Å². The first-order chi connectivity index (χ1) is 14.1. The van der Waals surface area contributed by atoms with E-state index in [9.17, 15) is 4.79 Å². The molecule has 4 heterocycles. The summed E-state index contributed by atoms with van der Waals surface area (Å²) in [6.45, 7) is 1.94. The summed E-state index contributed by atoms with van der Waals surface area (Å²) in [6.07, 6.45) is 7.47. The van der Waals surface area contributed by atoms with E-state index in [4.69, 9.17) is 15.4 Å². The lowest BCUT2D eigenvalue weighted by Gasteiger charge is -2.11. The van der Waals surface area contributed by atoms with Gasteiger partial charge in [-0.05, 0) is 25.5 Å². The van der Waals surface area contributed by atoms with Crippen LogP contribution < -0.4 is 5.73 Å². The van der Waals surface area contributed by atoms with E-state index in [0.29, 0.717) is 23.4 Å². The van der Waals surface area contributed by atoms with E-state index in [1.54, 1.807) is 6.20 Å². The lowest BCUT2D eigenvalue weighted by molar-refractivity contribution is 0.0976. The molecule has 0 bridgehead atoms. The number of fused-ring (bicyclic) bond motifs is 1. The van der Waals surface area contributed by atoms with E-state index in [1.165, 1.54) is 12.5 Å². The summed E-state index contributed by atoms with van der Waals surface area (Å²) in [7, 11) is 0. The van der Waals surface area contributed by atoms with Gasteiger partial charge in [-0.25, -0.2) is 19.9 Å². The molecule has 0 unspecified atom stereocenters. The van der Waals surface area contributed by atoms with E-state index >= 15 is 0 Å². The molecular weight excluding hydrogens is 370 g/mol. The fraction of sp³-hybridized carbons (Fsp3) is 0.200. The number of Topliss-reactive ketones (excluding diaryl/α,β-unsaturated/α-hetero) is 1. The number of aromatic nitrogens is 5. The number of imidazole rings is 1. The molecule has 0 spiro atoms. The summed E-state index contributed by atoms with van der Waals surface area (Å²) in [5, 5.41) is 8.69. The van der Waals surface area contributed by atoms with Crippen molar-refractivity contribution in [3.8, 4) is 28.9 Å². The number of pyridine rings is 1. The molecule has 4 rings (SSSR count). The molecule has 4 aromatic heterocycles. The largest absolute Gasteiger partial charge is 0.443 e. The van der Waals surface area contributed by atoms with Crippen molar-refractivity contribution in [1.82, 2.24) is 24.3 Å². The van der Waals surface area contributed by atoms with Gasteiger partial charge in [0.25, 0.3) is 0 Å². The number of nitrogen functional groups attached to an aromatic ring is 1. The summed E-state index contributed by atoms with van der Waals surface area (Å²) >= 11 is 0. The highest BCUT2D eigenvalue weighted by atomic mass is 16.3. The average molecular weight is 387 g/mol. The van der Waals surface area contributed by atoms with Gasteiger partial charge >= 0.3 is 0 Å². The fourth-order valence-corrected chi connectivity index (χ4v) is 3.03. The molecule has 0 aromatic carbocycles. The number of nitrogens with two attached hydrogens (primary N) is 1. The zero-order chi connectivity index (χ0) is 20.4. The number of anilines is 1. The molecular formula is C20H17N7O2. The summed E-state index contributed by atoms with van der Waals surface area (Å²) in [5.74, 6) is -0.000676. The van der Waals surface area contributed by atoms with E-state index in [1.807, 2.05) is 35.7 Å². The topological polar surface area (TPSA) is 136 Å². The van der Waals surface area contributed by atoms with Crippen LogP contribution in [0.1, 0.15) is 35.4 Å². The number of carbonyl (C=O) groups is 1. The van der Waals surface area contributed by atoms with Crippen LogP contribution in [0.3, 0.4) is 0 Å². The van der Waals surface area contributed by atoms with Gasteiger partial charge < -0.3 is 14.6 Å². The number of oxazole rings is 1. The van der Waals surface area contributed by atoms with Crippen LogP contribution in [0.2, 0.25) is 0 Å². The van der Waals surface area contributed by atoms with Crippen LogP contribution in [0.25, 0.3) is 28.5 Å². The number of unbranched alkanes of at least 4 members (excludes halogenated alkanes) is 1. The number of aryl methyl sites for hydroxylation is 1. The molecule has 9 heteroatoms. The van der Waals surface area contributed by atoms with Crippen LogP contribution in [0.15, 0.2) is 41.4 Å². The molecule has 9 nitrogen and oxygen atoms in total. The summed E-state index contributed by atoms with van der Waals surface area (Å²) in [5.41, 5.74) is 9.35. The highest BCUT2D eigenvalue weighted by molar-refractivity contribution is 5.99. The quantitative estimate of drug-likeness (QED) is 0.393. The number of carbonyl (C=O) groups excluding carboxylic acids is 1. The lowest BCUT2D eigenvalue weighted by atomic mass is 10.1. The van der Waals surface area contributed by atoms with E-state index in [-0.39, 0.29) is 36.0 Å². The van der Waals surface area contributed by atoms with Crippen LogP contribution in [-0.4, -0.2) is 30.1 Å². The van der Waals surface area contributed by atoms with Gasteiger partial charge in [-0.15, -0.1) is 0 Å². The Bertz CT molecular complexity index is 1240. The zero-order valence-electron chi connectivity index (χ0n) is 15.7. The van der Waals surface area contributed by atoms with E-state index < -0.39 is 0 Å². The molecule has 0 aliphatic carbocycles. The molecule has 29 heavy (non-hydrogen) atoms. The highest BCUT2D eigenvalue weighted by Crippen LogP contribution is 2.30. The van der Waals surface area contributed by atoms with Crippen molar-refractivity contribution < 1.29 is 9.21 Å². The molecule has 144 valence electrons. The van der Waals surface area contributed by atoms with E-state index in [0.717, 1.165) is 11.3 Å². The van der Waals surface area contributed by atoms with Crippen LogP contribution >= 0.6 is 0 Å². The highest BCUT2D eigenvalue weighted by Gasteiger charge is 2.22. The van der Waals surface area contributed by atoms with Gasteiger partial charge in [0.15, 0.2) is 17.3 Å². The van der Waals surface area contributed by atoms with Gasteiger partial charge in [0.2, 0.25) is 5.89 Å². The Labute approximate surface area is 165 Å². The summed E-state index contributed by atoms with van der Waals surface area (Å²) in [4.78, 5) is 30.0. The number of nitriles is 1. The molecule has 0 fully saturated rings. The van der Waals surface area contributed by atoms with Crippen LogP contribution in [0, 0.1) is 18.3 Å². The van der Waals surface area contributed by atoms with Crippen molar-refractivity contribution in [2.75, 3.05) is 5.73 Å². The first-order valence-corrected chi connectivity index (χ1v) is 9.00. The van der Waals surface area contributed by atoms with E-state index in [2.05, 4.69) is 19.9 Å². The molecule has 4 aromatic rings. The Balaban J connectivity index is 1.87. The number of nitrogens with zero attached hydrogens (tertiary/aromatic N) is 6. The Kier molecular flexibility index (Phi) is 4.75. The molecule has 0 aliphatic heterocycles. The van der Waals surface area contributed by atoms with Gasteiger partial charge in [0.05, 0.1) is 12.3 Å². The third-order valence-corrected chi connectivity index (χ3v) is 4.48. The fourth-order valence-electron chi connectivity index (χ4n) is 3.03. The minimum Gasteiger partial charge on any atom is -0.443 e. The van der Waals surface area contributed by atoms with Crippen molar-refractivity contribution in [2.45, 2.75) is 26.2 Å². The van der Waals surface area contributed by atoms with Crippen LogP contribution in [-0.2, 0) is 0 Å². The maximum Gasteiger partial charge on any atom is 0.247 e. The molecule has 0 aliphatic rings. The normalized spacial score (nSPS) is 10.9. The van der Waals surface area contributed by atoms with Gasteiger partial charge in [0, 0.05) is 36.5 Å². The lowest BCUT2D eigenvalue weighted by Crippen LogP contribution is -2.11. The predicted molar refractivity (Wildman–Crippen MR) is 105 cm³/mol. The Morgan fingerprint density at radius 3 is 2.90 bits per heavy atom. The molecule has 0 saturated heterocycles. The SMILES string of the molecule is Cc1cnc2ccc(-c3nc(C(=O)CCCC#N)c(N)nc3-c3ncco3)cn12. The monoisotopic (exact) mass is 387 g/mol. The number of hydrogen-bond donors (Lipinski definition) is 1. The van der Waals surface area contributed by atoms with Gasteiger partial charge in [0.1, 0.15) is 23.3 Å². The Hall–Kier alpha value is -4.06. The maximum absolute atomic E-state index is 12.6. The van der Waals surface area contributed by atoms with Crippen molar-refractivity contribution in [3.05, 3.63) is 48.4 Å². The van der Waals surface area contributed by atoms with Gasteiger partial charge in [-0.3, -0.25) is 4.79 Å². The summed E-state index contributed by atoms with van der Waals surface area (Å²) < 4.78 is 7.32. The first kappa shape index (κ1) is 18.3. The second-order valence-electron chi connectivity index (χ2n) is 6.47. The minimum atomic E-state index is -0.259. The molecule has 2 N–H and O–H groups in total. The summed E-state index contributed by atoms with van der Waals surface area (Å²) in [6, 6.07) is 5.73. The van der Waals surface area contributed by atoms with Crippen molar-refractivity contribution in [1.29, 1.82) is 5.26 Å². The maximum atomic E-state index is 12.6. The van der Waals surface area contributed by atoms with Crippen molar-refractivity contribution >= 4 is 17.2 Å². The standard InChI is InChI=1S/C20H17N7O2/c1-12-10-24-15-6-5-13(11-27(12)15)16-18(20-23-8-9-29-20)26-19(22)17(25-16)14(28)4-2-3-7-21/h5-6,8-11H,2-4H2,1H3,(H2,22,26). The molecule has 0 amide bonds. The number of rotatable bonds is 6. The zero-order valence-corrected chi connectivity index (χ0v) is 15.7. The number of hydrogen-bond acceptors (Lipinski definition) is 8. The second kappa shape index (κ2) is 7.52.